The van der Waals surface area contributed by atoms with Crippen LogP contribution in [-0.4, -0.2) is 64.9 Å². The molecule has 0 aromatic heterocycles. The van der Waals surface area contributed by atoms with Crippen molar-refractivity contribution in [2.45, 2.75) is 238 Å². The molecule has 63 heavy (non-hydrogen) atoms. The molecule has 0 aromatic carbocycles. The molecule has 0 aliphatic carbocycles. The zero-order chi connectivity index (χ0) is 46.3. The van der Waals surface area contributed by atoms with Gasteiger partial charge in [-0.05, 0) is 57.8 Å². The highest BCUT2D eigenvalue weighted by molar-refractivity contribution is 7.47. The van der Waals surface area contributed by atoms with Crippen molar-refractivity contribution in [3.63, 3.8) is 0 Å². The van der Waals surface area contributed by atoms with E-state index in [-0.39, 0.29) is 12.8 Å². The van der Waals surface area contributed by atoms with Crippen molar-refractivity contribution in [2.24, 2.45) is 0 Å². The highest BCUT2D eigenvalue weighted by Crippen LogP contribution is 2.43. The zero-order valence-corrected chi connectivity index (χ0v) is 40.8. The Morgan fingerprint density at radius 3 is 1.33 bits per heavy atom. The Kier molecular flexibility index (Phi) is 44.1. The normalized spacial score (nSPS) is 14.0. The Bertz CT molecular complexity index is 1250. The van der Waals surface area contributed by atoms with Gasteiger partial charge in [-0.25, -0.2) is 9.36 Å². The fourth-order valence-corrected chi connectivity index (χ4v) is 7.72. The Hall–Kier alpha value is -2.56. The third-order valence-corrected chi connectivity index (χ3v) is 11.8. The number of nitrogens with one attached hydrogen (secondary N) is 1. The summed E-state index contributed by atoms with van der Waals surface area (Å²) in [6, 6.07) is -1.56. The summed E-state index contributed by atoms with van der Waals surface area (Å²) < 4.78 is 26.9. The molecule has 0 rings (SSSR count). The second kappa shape index (κ2) is 46.0. The molecule has 3 unspecified atom stereocenters. The SMILES string of the molecule is CCCCC/C=C\C/C=C\C/C=C\C/C=C\CCCCCCCC(=O)NC(COP(=O)(O)OCC(O)COC(=O)CCCCCCCCCCCCCCCCCCCC)C(=O)O. The molecule has 3 atom stereocenters. The van der Waals surface area contributed by atoms with Crippen LogP contribution >= 0.6 is 7.82 Å². The molecule has 366 valence electrons. The maximum atomic E-state index is 12.4. The number of aliphatic carboxylic acids is 1. The van der Waals surface area contributed by atoms with Gasteiger partial charge in [-0.15, -0.1) is 0 Å². The van der Waals surface area contributed by atoms with E-state index >= 15 is 0 Å². The van der Waals surface area contributed by atoms with Crippen LogP contribution in [0.25, 0.3) is 0 Å². The third kappa shape index (κ3) is 45.8. The lowest BCUT2D eigenvalue weighted by molar-refractivity contribution is -0.147. The van der Waals surface area contributed by atoms with Crippen LogP contribution < -0.4 is 5.32 Å². The van der Waals surface area contributed by atoms with E-state index in [1.54, 1.807) is 0 Å². The number of amides is 1. The van der Waals surface area contributed by atoms with Crippen molar-refractivity contribution in [2.75, 3.05) is 19.8 Å². The molecular formula is C51H92NO10P. The molecule has 0 aromatic rings. The first-order valence-corrected chi connectivity index (χ1v) is 26.7. The number of ether oxygens (including phenoxy) is 1. The van der Waals surface area contributed by atoms with Gasteiger partial charge >= 0.3 is 19.8 Å². The molecule has 0 fully saturated rings. The quantitative estimate of drug-likeness (QED) is 0.0200. The number of hydrogen-bond acceptors (Lipinski definition) is 8. The smallest absolute Gasteiger partial charge is 0.472 e. The minimum atomic E-state index is -4.77. The average molecular weight is 910 g/mol. The van der Waals surface area contributed by atoms with E-state index in [0.717, 1.165) is 70.6 Å². The van der Waals surface area contributed by atoms with Crippen molar-refractivity contribution in [1.29, 1.82) is 0 Å². The van der Waals surface area contributed by atoms with E-state index in [2.05, 4.69) is 67.8 Å². The lowest BCUT2D eigenvalue weighted by atomic mass is 10.0. The third-order valence-electron chi connectivity index (χ3n) is 10.9. The highest BCUT2D eigenvalue weighted by Gasteiger charge is 2.28. The summed E-state index contributed by atoms with van der Waals surface area (Å²) in [4.78, 5) is 46.1. The summed E-state index contributed by atoms with van der Waals surface area (Å²) in [5.41, 5.74) is 0. The van der Waals surface area contributed by atoms with Gasteiger partial charge in [-0.3, -0.25) is 18.6 Å². The number of carbonyl (C=O) groups is 3. The number of aliphatic hydroxyl groups excluding tert-OH is 1. The van der Waals surface area contributed by atoms with Crippen LogP contribution in [0, 0.1) is 0 Å². The maximum Gasteiger partial charge on any atom is 0.472 e. The molecular weight excluding hydrogens is 818 g/mol. The molecule has 0 bridgehead atoms. The number of rotatable bonds is 47. The molecule has 0 radical (unpaired) electrons. The van der Waals surface area contributed by atoms with Gasteiger partial charge in [0.2, 0.25) is 5.91 Å². The number of esters is 1. The minimum Gasteiger partial charge on any atom is -0.480 e. The fraction of sp³-hybridized carbons (Fsp3) is 0.784. The second-order valence-corrected chi connectivity index (χ2v) is 18.5. The van der Waals surface area contributed by atoms with Crippen LogP contribution in [0.5, 0.6) is 0 Å². The molecule has 11 nitrogen and oxygen atoms in total. The van der Waals surface area contributed by atoms with Gasteiger partial charge in [0.05, 0.1) is 13.2 Å². The molecule has 12 heteroatoms. The summed E-state index contributed by atoms with van der Waals surface area (Å²) in [6.45, 7) is 2.58. The van der Waals surface area contributed by atoms with E-state index in [9.17, 15) is 34.1 Å². The number of hydrogen-bond donors (Lipinski definition) is 4. The van der Waals surface area contributed by atoms with Gasteiger partial charge in [0.15, 0.2) is 6.04 Å². The lowest BCUT2D eigenvalue weighted by Gasteiger charge is -2.18. The minimum absolute atomic E-state index is 0.124. The number of allylic oxidation sites excluding steroid dienone is 8. The van der Waals surface area contributed by atoms with E-state index in [1.807, 2.05) is 0 Å². The number of carboxylic acids is 1. The summed E-state index contributed by atoms with van der Waals surface area (Å²) in [5, 5.41) is 21.9. The van der Waals surface area contributed by atoms with Gasteiger partial charge in [-0.1, -0.05) is 204 Å². The van der Waals surface area contributed by atoms with Crippen molar-refractivity contribution in [3.05, 3.63) is 48.6 Å². The van der Waals surface area contributed by atoms with Crippen molar-refractivity contribution in [3.8, 4) is 0 Å². The van der Waals surface area contributed by atoms with Crippen molar-refractivity contribution in [1.82, 2.24) is 5.32 Å². The van der Waals surface area contributed by atoms with Crippen LogP contribution in [-0.2, 0) is 32.7 Å². The first-order chi connectivity index (χ1) is 30.6. The van der Waals surface area contributed by atoms with Crippen LogP contribution in [0.1, 0.15) is 226 Å². The number of phosphoric ester groups is 1. The van der Waals surface area contributed by atoms with Gasteiger partial charge in [0, 0.05) is 12.8 Å². The van der Waals surface area contributed by atoms with Crippen LogP contribution in [0.3, 0.4) is 0 Å². The largest absolute Gasteiger partial charge is 0.480 e. The first-order valence-electron chi connectivity index (χ1n) is 25.2. The average Bonchev–Trinajstić information content (AvgIpc) is 3.26. The van der Waals surface area contributed by atoms with E-state index in [4.69, 9.17) is 13.8 Å². The van der Waals surface area contributed by atoms with Gasteiger partial charge in [0.1, 0.15) is 12.7 Å². The Balaban J connectivity index is 3.88. The predicted molar refractivity (Wildman–Crippen MR) is 259 cm³/mol. The standard InChI is InChI=1S/C51H92NO10P/c1-3-5-7-9-11-13-15-17-19-21-23-24-25-26-28-30-32-34-36-38-40-42-49(54)52-48(51(56)57)46-62-63(58,59)61-45-47(53)44-60-50(55)43-41-39-37-35-33-31-29-27-22-20-18-16-14-12-10-8-6-4-2/h11,13,17,19,23-24,26,28,47-48,53H,3-10,12,14-16,18,20-22,25,27,29-46H2,1-2H3,(H,52,54)(H,56,57)(H,58,59)/b13-11-,19-17-,24-23-,28-26-. The van der Waals surface area contributed by atoms with Crippen LogP contribution in [0.4, 0.5) is 0 Å². The van der Waals surface area contributed by atoms with E-state index in [1.165, 1.54) is 116 Å². The van der Waals surface area contributed by atoms with Gasteiger partial charge in [0.25, 0.3) is 0 Å². The molecule has 0 aliphatic rings. The molecule has 0 spiro atoms. The molecule has 0 heterocycles. The van der Waals surface area contributed by atoms with Crippen molar-refractivity contribution >= 4 is 25.7 Å². The maximum absolute atomic E-state index is 12.4. The first kappa shape index (κ1) is 60.4. The summed E-state index contributed by atoms with van der Waals surface area (Å²) in [5.74, 6) is -2.39. The van der Waals surface area contributed by atoms with Gasteiger partial charge < -0.3 is 25.2 Å². The molecule has 0 saturated heterocycles. The number of phosphoric acid groups is 1. The van der Waals surface area contributed by atoms with Crippen molar-refractivity contribution < 1.29 is 47.8 Å². The Morgan fingerprint density at radius 1 is 0.508 bits per heavy atom. The predicted octanol–water partition coefficient (Wildman–Crippen LogP) is 13.7. The topological polar surface area (TPSA) is 169 Å². The molecule has 0 saturated carbocycles. The summed E-state index contributed by atoms with van der Waals surface area (Å²) >= 11 is 0. The Labute approximate surface area is 384 Å². The molecule has 1 amide bonds. The fourth-order valence-electron chi connectivity index (χ4n) is 6.95. The lowest BCUT2D eigenvalue weighted by Crippen LogP contribution is -2.43. The summed E-state index contributed by atoms with van der Waals surface area (Å²) in [6.07, 6.45) is 52.7. The highest BCUT2D eigenvalue weighted by atomic mass is 31.2. The number of aliphatic hydroxyl groups is 1. The van der Waals surface area contributed by atoms with Gasteiger partial charge in [-0.2, -0.15) is 0 Å². The monoisotopic (exact) mass is 910 g/mol. The van der Waals surface area contributed by atoms with E-state index in [0.29, 0.717) is 12.8 Å². The summed E-state index contributed by atoms with van der Waals surface area (Å²) in [7, 11) is -4.77. The Morgan fingerprint density at radius 2 is 0.873 bits per heavy atom. The number of carboxylic acid groups (broad SMARTS) is 1. The number of unbranched alkanes of at least 4 members (excludes halogenated alkanes) is 25. The zero-order valence-electron chi connectivity index (χ0n) is 39.9. The molecule has 4 N–H and O–H groups in total. The van der Waals surface area contributed by atoms with Crippen LogP contribution in [0.15, 0.2) is 48.6 Å². The number of carbonyl (C=O) groups excluding carboxylic acids is 2. The van der Waals surface area contributed by atoms with E-state index < -0.39 is 57.6 Å². The van der Waals surface area contributed by atoms with Crippen LogP contribution in [0.2, 0.25) is 0 Å². The second-order valence-electron chi connectivity index (χ2n) is 17.0. The molecule has 0 aliphatic heterocycles.